The molecular formula is C19H21FN2. The maximum atomic E-state index is 13.6. The summed E-state index contributed by atoms with van der Waals surface area (Å²) in [6.07, 6.45) is 9.22. The summed E-state index contributed by atoms with van der Waals surface area (Å²) in [7, 11) is 0. The normalized spacial score (nSPS) is 10.4. The number of hydrogen-bond donors (Lipinski definition) is 0. The zero-order chi connectivity index (χ0) is 15.8. The molecule has 22 heavy (non-hydrogen) atoms. The van der Waals surface area contributed by atoms with Crippen LogP contribution in [0.4, 0.5) is 4.39 Å². The van der Waals surface area contributed by atoms with E-state index in [1.54, 1.807) is 6.07 Å². The van der Waals surface area contributed by atoms with Gasteiger partial charge in [0.2, 0.25) is 0 Å². The van der Waals surface area contributed by atoms with E-state index in [0.29, 0.717) is 5.56 Å². The number of nitriles is 1. The minimum atomic E-state index is -0.498. The van der Waals surface area contributed by atoms with Crippen LogP contribution < -0.4 is 0 Å². The molecule has 0 radical (unpaired) electrons. The zero-order valence-corrected chi connectivity index (χ0v) is 13.0. The van der Waals surface area contributed by atoms with Gasteiger partial charge in [0.1, 0.15) is 11.9 Å². The Balaban J connectivity index is 1.97. The molecule has 0 bridgehead atoms. The quantitative estimate of drug-likeness (QED) is 0.652. The van der Waals surface area contributed by atoms with Gasteiger partial charge < -0.3 is 0 Å². The fourth-order valence-electron chi connectivity index (χ4n) is 2.44. The van der Waals surface area contributed by atoms with Gasteiger partial charge in [-0.25, -0.2) is 4.39 Å². The van der Waals surface area contributed by atoms with Crippen molar-refractivity contribution >= 4 is 0 Å². The van der Waals surface area contributed by atoms with E-state index in [0.717, 1.165) is 12.1 Å². The van der Waals surface area contributed by atoms with Crippen molar-refractivity contribution in [2.45, 2.75) is 45.4 Å². The Morgan fingerprint density at radius 2 is 1.91 bits per heavy atom. The number of aryl methyl sites for hydroxylation is 1. The Bertz CT molecular complexity index is 641. The van der Waals surface area contributed by atoms with E-state index < -0.39 is 5.82 Å². The van der Waals surface area contributed by atoms with E-state index in [-0.39, 0.29) is 5.56 Å². The van der Waals surface area contributed by atoms with Crippen molar-refractivity contribution in [2.24, 2.45) is 0 Å². The lowest BCUT2D eigenvalue weighted by Gasteiger charge is -2.05. The Morgan fingerprint density at radius 1 is 1.09 bits per heavy atom. The Morgan fingerprint density at radius 3 is 2.55 bits per heavy atom. The summed E-state index contributed by atoms with van der Waals surface area (Å²) < 4.78 is 13.6. The summed E-state index contributed by atoms with van der Waals surface area (Å²) in [5.41, 5.74) is 2.71. The second kappa shape index (κ2) is 8.29. The van der Waals surface area contributed by atoms with Crippen LogP contribution in [0.2, 0.25) is 0 Å². The molecule has 1 aromatic carbocycles. The van der Waals surface area contributed by atoms with Crippen LogP contribution in [0.3, 0.4) is 0 Å². The average Bonchev–Trinajstić information content (AvgIpc) is 2.55. The van der Waals surface area contributed by atoms with Gasteiger partial charge in [-0.3, -0.25) is 4.98 Å². The second-order valence-corrected chi connectivity index (χ2v) is 5.52. The van der Waals surface area contributed by atoms with Crippen molar-refractivity contribution in [2.75, 3.05) is 0 Å². The highest BCUT2D eigenvalue weighted by Crippen LogP contribution is 2.20. The van der Waals surface area contributed by atoms with Crippen molar-refractivity contribution in [3.8, 4) is 17.3 Å². The lowest BCUT2D eigenvalue weighted by atomic mass is 10.0. The Hall–Kier alpha value is -2.21. The van der Waals surface area contributed by atoms with Gasteiger partial charge in [-0.05, 0) is 36.6 Å². The van der Waals surface area contributed by atoms with Crippen LogP contribution in [0.5, 0.6) is 0 Å². The molecule has 2 aromatic rings. The molecule has 0 N–H and O–H groups in total. The maximum absolute atomic E-state index is 13.6. The number of nitrogens with zero attached hydrogens (tertiary/aromatic N) is 2. The van der Waals surface area contributed by atoms with E-state index >= 15 is 0 Å². The van der Waals surface area contributed by atoms with Gasteiger partial charge >= 0.3 is 0 Å². The molecule has 0 atom stereocenters. The molecule has 0 spiro atoms. The summed E-state index contributed by atoms with van der Waals surface area (Å²) in [5, 5.41) is 8.75. The van der Waals surface area contributed by atoms with Gasteiger partial charge in [0, 0.05) is 11.8 Å². The summed E-state index contributed by atoms with van der Waals surface area (Å²) in [5.74, 6) is -0.498. The predicted octanol–water partition coefficient (Wildman–Crippen LogP) is 5.27. The first kappa shape index (κ1) is 16.2. The fraction of sp³-hybridized carbons (Fsp3) is 0.368. The second-order valence-electron chi connectivity index (χ2n) is 5.52. The minimum Gasteiger partial charge on any atom is -0.256 e. The zero-order valence-electron chi connectivity index (χ0n) is 13.0. The third kappa shape index (κ3) is 4.39. The molecule has 0 saturated heterocycles. The lowest BCUT2D eigenvalue weighted by molar-refractivity contribution is 0.624. The van der Waals surface area contributed by atoms with Crippen LogP contribution >= 0.6 is 0 Å². The van der Waals surface area contributed by atoms with Gasteiger partial charge in [0.05, 0.1) is 11.3 Å². The van der Waals surface area contributed by atoms with E-state index in [1.165, 1.54) is 49.8 Å². The number of pyridine rings is 1. The van der Waals surface area contributed by atoms with Crippen molar-refractivity contribution in [3.63, 3.8) is 0 Å². The van der Waals surface area contributed by atoms with Gasteiger partial charge in [-0.1, -0.05) is 44.7 Å². The van der Waals surface area contributed by atoms with Crippen molar-refractivity contribution in [3.05, 3.63) is 53.5 Å². The number of halogens is 1. The molecule has 2 nitrogen and oxygen atoms in total. The Kier molecular flexibility index (Phi) is 6.09. The van der Waals surface area contributed by atoms with Gasteiger partial charge in [0.25, 0.3) is 0 Å². The first-order valence-corrected chi connectivity index (χ1v) is 7.89. The first-order chi connectivity index (χ1) is 10.7. The van der Waals surface area contributed by atoms with Crippen LogP contribution in [0.1, 0.15) is 50.2 Å². The minimum absolute atomic E-state index is 0.0625. The van der Waals surface area contributed by atoms with Crippen molar-refractivity contribution < 1.29 is 4.39 Å². The third-order valence-corrected chi connectivity index (χ3v) is 3.78. The van der Waals surface area contributed by atoms with Crippen LogP contribution in [0.15, 0.2) is 36.5 Å². The average molecular weight is 296 g/mol. The van der Waals surface area contributed by atoms with Crippen molar-refractivity contribution in [1.29, 1.82) is 5.26 Å². The van der Waals surface area contributed by atoms with Gasteiger partial charge in [-0.2, -0.15) is 5.26 Å². The fourth-order valence-corrected chi connectivity index (χ4v) is 2.44. The van der Waals surface area contributed by atoms with E-state index in [9.17, 15) is 4.39 Å². The van der Waals surface area contributed by atoms with E-state index in [2.05, 4.69) is 18.0 Å². The smallest absolute Gasteiger partial charge is 0.141 e. The molecule has 0 saturated carbocycles. The molecule has 0 fully saturated rings. The molecule has 0 aliphatic rings. The number of aromatic nitrogens is 1. The molecule has 114 valence electrons. The standard InChI is InChI=1S/C19H21FN2/c1-2-3-4-5-6-7-15-8-11-19(22-14-15)16-9-10-17(13-21)18(20)12-16/h8-12,14H,2-7H2,1H3. The number of hydrogen-bond acceptors (Lipinski definition) is 2. The summed E-state index contributed by atoms with van der Waals surface area (Å²) in [6.45, 7) is 2.22. The molecular weight excluding hydrogens is 275 g/mol. The number of benzene rings is 1. The summed E-state index contributed by atoms with van der Waals surface area (Å²) in [6, 6.07) is 10.4. The number of unbranched alkanes of at least 4 members (excludes halogenated alkanes) is 4. The molecule has 1 aromatic heterocycles. The third-order valence-electron chi connectivity index (χ3n) is 3.78. The molecule has 1 heterocycles. The highest BCUT2D eigenvalue weighted by Gasteiger charge is 2.05. The largest absolute Gasteiger partial charge is 0.256 e. The predicted molar refractivity (Wildman–Crippen MR) is 86.8 cm³/mol. The number of rotatable bonds is 7. The van der Waals surface area contributed by atoms with Gasteiger partial charge in [-0.15, -0.1) is 0 Å². The van der Waals surface area contributed by atoms with E-state index in [1.807, 2.05) is 18.3 Å². The topological polar surface area (TPSA) is 36.7 Å². The molecule has 0 amide bonds. The van der Waals surface area contributed by atoms with E-state index in [4.69, 9.17) is 5.26 Å². The van der Waals surface area contributed by atoms with Crippen LogP contribution in [-0.4, -0.2) is 4.98 Å². The maximum Gasteiger partial charge on any atom is 0.141 e. The molecule has 0 unspecified atom stereocenters. The van der Waals surface area contributed by atoms with Crippen molar-refractivity contribution in [1.82, 2.24) is 4.98 Å². The van der Waals surface area contributed by atoms with Crippen LogP contribution in [-0.2, 0) is 6.42 Å². The highest BCUT2D eigenvalue weighted by molar-refractivity contribution is 5.60. The first-order valence-electron chi connectivity index (χ1n) is 7.89. The molecule has 0 aliphatic carbocycles. The van der Waals surface area contributed by atoms with Crippen LogP contribution in [0, 0.1) is 17.1 Å². The van der Waals surface area contributed by atoms with Gasteiger partial charge in [0.15, 0.2) is 0 Å². The van der Waals surface area contributed by atoms with Crippen LogP contribution in [0.25, 0.3) is 11.3 Å². The lowest BCUT2D eigenvalue weighted by Crippen LogP contribution is -1.91. The molecule has 3 heteroatoms. The SMILES string of the molecule is CCCCCCCc1ccc(-c2ccc(C#N)c(F)c2)nc1. The summed E-state index contributed by atoms with van der Waals surface area (Å²) in [4.78, 5) is 4.41. The molecule has 2 rings (SSSR count). The highest BCUT2D eigenvalue weighted by atomic mass is 19.1. The summed E-state index contributed by atoms with van der Waals surface area (Å²) >= 11 is 0. The monoisotopic (exact) mass is 296 g/mol. The molecule has 0 aliphatic heterocycles. The Labute approximate surface area is 131 Å².